The number of hydrogen-bond acceptors (Lipinski definition) is 6. The number of amides is 1. The maximum atomic E-state index is 12.6. The number of carbonyl (C=O) groups is 2. The van der Waals surface area contributed by atoms with Crippen LogP contribution >= 0.6 is 0 Å². The zero-order chi connectivity index (χ0) is 18.8. The number of nitrogens with zero attached hydrogens (tertiary/aromatic N) is 1. The summed E-state index contributed by atoms with van der Waals surface area (Å²) >= 11 is 0. The Morgan fingerprint density at radius 3 is 2.52 bits per heavy atom. The Balaban J connectivity index is 2.43. The minimum atomic E-state index is -1.45. The van der Waals surface area contributed by atoms with Gasteiger partial charge in [-0.3, -0.25) is 14.4 Å². The average molecular weight is 349 g/mol. The molecule has 3 N–H and O–H groups in total. The van der Waals surface area contributed by atoms with Crippen LogP contribution in [0.2, 0.25) is 0 Å². The van der Waals surface area contributed by atoms with Crippen LogP contribution in [0.4, 0.5) is 4.79 Å². The second kappa shape index (κ2) is 6.89. The first-order chi connectivity index (χ1) is 11.6. The van der Waals surface area contributed by atoms with Crippen molar-refractivity contribution in [3.8, 4) is 0 Å². The second-order valence-electron chi connectivity index (χ2n) is 6.33. The van der Waals surface area contributed by atoms with Gasteiger partial charge in [0.1, 0.15) is 11.6 Å². The van der Waals surface area contributed by atoms with Crippen molar-refractivity contribution in [2.24, 2.45) is 0 Å². The topological polar surface area (TPSA) is 130 Å². The molecular formula is C16H19N3O6. The van der Waals surface area contributed by atoms with Crippen LogP contribution in [0.1, 0.15) is 25.6 Å². The maximum absolute atomic E-state index is 12.6. The molecule has 0 bridgehead atoms. The van der Waals surface area contributed by atoms with Gasteiger partial charge < -0.3 is 20.1 Å². The molecule has 9 nitrogen and oxygen atoms in total. The first-order valence-corrected chi connectivity index (χ1v) is 7.52. The van der Waals surface area contributed by atoms with E-state index in [4.69, 9.17) is 4.74 Å². The molecule has 0 spiro atoms. The highest BCUT2D eigenvalue weighted by Crippen LogP contribution is 2.09. The highest BCUT2D eigenvalue weighted by Gasteiger charge is 2.27. The van der Waals surface area contributed by atoms with Crippen LogP contribution in [0.15, 0.2) is 33.9 Å². The number of fused-ring (bicyclic) bond motifs is 1. The summed E-state index contributed by atoms with van der Waals surface area (Å²) in [6.45, 7) is 4.14. The first-order valence-electron chi connectivity index (χ1n) is 7.52. The van der Waals surface area contributed by atoms with E-state index in [1.165, 1.54) is 12.1 Å². The van der Waals surface area contributed by atoms with Crippen LogP contribution in [0.5, 0.6) is 0 Å². The van der Waals surface area contributed by atoms with Crippen LogP contribution < -0.4 is 16.4 Å². The predicted molar refractivity (Wildman–Crippen MR) is 89.7 cm³/mol. The van der Waals surface area contributed by atoms with E-state index in [1.54, 1.807) is 32.9 Å². The summed E-state index contributed by atoms with van der Waals surface area (Å²) < 4.78 is 5.66. The third-order valence-electron chi connectivity index (χ3n) is 3.18. The Morgan fingerprint density at radius 1 is 1.28 bits per heavy atom. The van der Waals surface area contributed by atoms with E-state index in [-0.39, 0.29) is 11.0 Å². The van der Waals surface area contributed by atoms with Gasteiger partial charge in [0.25, 0.3) is 5.91 Å². The molecule has 0 aliphatic heterocycles. The van der Waals surface area contributed by atoms with Gasteiger partial charge in [-0.1, -0.05) is 12.1 Å². The van der Waals surface area contributed by atoms with Crippen molar-refractivity contribution in [1.29, 1.82) is 0 Å². The summed E-state index contributed by atoms with van der Waals surface area (Å²) in [5.74, 6) is -0.944. The number of aromatic nitrogens is 2. The van der Waals surface area contributed by atoms with Crippen molar-refractivity contribution < 1.29 is 19.4 Å². The standard InChI is InChI=1S/C16H19N3O6/c1-16(2,3)25-15(24)18-10(8-20)13(22)19-11-7-5-4-6-9(11)17-12(21)14(19)23/h4-7,10,20H,8H2,1-3H3,(H,17,21)(H,18,24)/t10-/m1/s1. The quantitative estimate of drug-likeness (QED) is 0.679. The number of aliphatic hydroxyl groups is 1. The fourth-order valence-corrected chi connectivity index (χ4v) is 2.17. The third-order valence-corrected chi connectivity index (χ3v) is 3.18. The number of carbonyl (C=O) groups excluding carboxylic acids is 2. The molecule has 9 heteroatoms. The van der Waals surface area contributed by atoms with E-state index < -0.39 is 41.4 Å². The van der Waals surface area contributed by atoms with Crippen molar-refractivity contribution in [3.05, 3.63) is 45.0 Å². The summed E-state index contributed by atoms with van der Waals surface area (Å²) in [6.07, 6.45) is -0.929. The zero-order valence-corrected chi connectivity index (χ0v) is 14.0. The molecule has 0 aliphatic rings. The molecule has 0 unspecified atom stereocenters. The summed E-state index contributed by atoms with van der Waals surface area (Å²) in [5, 5.41) is 11.6. The number of benzene rings is 1. The normalized spacial score (nSPS) is 12.6. The number of aliphatic hydroxyl groups excluding tert-OH is 1. The molecule has 2 rings (SSSR count). The van der Waals surface area contributed by atoms with Gasteiger partial charge >= 0.3 is 17.2 Å². The average Bonchev–Trinajstić information content (AvgIpc) is 2.51. The van der Waals surface area contributed by atoms with Crippen LogP contribution in [-0.2, 0) is 4.74 Å². The number of aromatic amines is 1. The molecule has 1 amide bonds. The molecule has 1 heterocycles. The highest BCUT2D eigenvalue weighted by molar-refractivity contribution is 5.94. The van der Waals surface area contributed by atoms with Gasteiger partial charge in [0.05, 0.1) is 17.6 Å². The lowest BCUT2D eigenvalue weighted by atomic mass is 10.2. The Labute approximate surface area is 142 Å². The Hall–Kier alpha value is -2.94. The fraction of sp³-hybridized carbons (Fsp3) is 0.375. The van der Waals surface area contributed by atoms with Crippen molar-refractivity contribution in [3.63, 3.8) is 0 Å². The highest BCUT2D eigenvalue weighted by atomic mass is 16.6. The molecule has 1 aromatic heterocycles. The Kier molecular flexibility index (Phi) is 5.07. The van der Waals surface area contributed by atoms with Gasteiger partial charge in [-0.2, -0.15) is 0 Å². The largest absolute Gasteiger partial charge is 0.444 e. The summed E-state index contributed by atoms with van der Waals surface area (Å²) in [5.41, 5.74) is -2.47. The molecular weight excluding hydrogens is 330 g/mol. The molecule has 0 aliphatic carbocycles. The molecule has 134 valence electrons. The number of alkyl carbamates (subject to hydrolysis) is 1. The molecule has 1 aromatic carbocycles. The van der Waals surface area contributed by atoms with Crippen LogP contribution in [0.3, 0.4) is 0 Å². The minimum Gasteiger partial charge on any atom is -0.444 e. The van der Waals surface area contributed by atoms with Crippen molar-refractivity contribution in [2.75, 3.05) is 6.61 Å². The van der Waals surface area contributed by atoms with E-state index in [1.807, 2.05) is 0 Å². The van der Waals surface area contributed by atoms with Crippen LogP contribution in [0.25, 0.3) is 11.0 Å². The number of rotatable bonds is 3. The lowest BCUT2D eigenvalue weighted by Crippen LogP contribution is -2.51. The van der Waals surface area contributed by atoms with E-state index in [0.717, 1.165) is 0 Å². The monoisotopic (exact) mass is 349 g/mol. The van der Waals surface area contributed by atoms with Gasteiger partial charge in [0, 0.05) is 0 Å². The molecule has 2 aromatic rings. The summed E-state index contributed by atoms with van der Waals surface area (Å²) in [4.78, 5) is 50.7. The molecule has 0 fully saturated rings. The van der Waals surface area contributed by atoms with Crippen LogP contribution in [-0.4, -0.2) is 44.9 Å². The molecule has 0 saturated carbocycles. The lowest BCUT2D eigenvalue weighted by Gasteiger charge is -2.22. The van der Waals surface area contributed by atoms with Gasteiger partial charge in [-0.15, -0.1) is 0 Å². The first kappa shape index (κ1) is 18.4. The van der Waals surface area contributed by atoms with E-state index in [9.17, 15) is 24.3 Å². The molecule has 0 radical (unpaired) electrons. The van der Waals surface area contributed by atoms with E-state index in [0.29, 0.717) is 4.57 Å². The van der Waals surface area contributed by atoms with E-state index >= 15 is 0 Å². The third kappa shape index (κ3) is 4.13. The zero-order valence-electron chi connectivity index (χ0n) is 14.0. The SMILES string of the molecule is CC(C)(C)OC(=O)N[C@H](CO)C(=O)n1c(=O)c(=O)[nH]c2ccccc21. The number of para-hydroxylation sites is 2. The maximum Gasteiger partial charge on any atom is 0.408 e. The van der Waals surface area contributed by atoms with Gasteiger partial charge in [0.2, 0.25) is 0 Å². The molecule has 1 atom stereocenters. The number of nitrogens with one attached hydrogen (secondary N) is 2. The number of hydrogen-bond donors (Lipinski definition) is 3. The Bertz CT molecular complexity index is 922. The minimum absolute atomic E-state index is 0.154. The number of ether oxygens (including phenoxy) is 1. The fourth-order valence-electron chi connectivity index (χ4n) is 2.17. The number of H-pyrrole nitrogens is 1. The predicted octanol–water partition coefficient (Wildman–Crippen LogP) is 0.216. The smallest absolute Gasteiger partial charge is 0.408 e. The van der Waals surface area contributed by atoms with Crippen molar-refractivity contribution >= 4 is 23.0 Å². The molecule has 25 heavy (non-hydrogen) atoms. The van der Waals surface area contributed by atoms with Crippen molar-refractivity contribution in [1.82, 2.24) is 14.9 Å². The van der Waals surface area contributed by atoms with Gasteiger partial charge in [-0.25, -0.2) is 9.36 Å². The Morgan fingerprint density at radius 2 is 1.92 bits per heavy atom. The summed E-state index contributed by atoms with van der Waals surface area (Å²) in [7, 11) is 0. The lowest BCUT2D eigenvalue weighted by molar-refractivity contribution is 0.0455. The van der Waals surface area contributed by atoms with E-state index in [2.05, 4.69) is 10.3 Å². The van der Waals surface area contributed by atoms with Crippen LogP contribution in [0, 0.1) is 0 Å². The van der Waals surface area contributed by atoms with Gasteiger partial charge in [0.15, 0.2) is 0 Å². The van der Waals surface area contributed by atoms with Gasteiger partial charge in [-0.05, 0) is 32.9 Å². The van der Waals surface area contributed by atoms with Crippen molar-refractivity contribution in [2.45, 2.75) is 32.4 Å². The summed E-state index contributed by atoms with van der Waals surface area (Å²) in [6, 6.07) is 4.75. The molecule has 0 saturated heterocycles. The second-order valence-corrected chi connectivity index (χ2v) is 6.33.